The Kier molecular flexibility index (Phi) is 5.74. The third-order valence-corrected chi connectivity index (χ3v) is 5.38. The summed E-state index contributed by atoms with van der Waals surface area (Å²) in [5.74, 6) is 1.05. The van der Waals surface area contributed by atoms with Crippen molar-refractivity contribution in [3.05, 3.63) is 65.9 Å². The van der Waals surface area contributed by atoms with E-state index in [0.717, 1.165) is 56.1 Å². The van der Waals surface area contributed by atoms with Crippen LogP contribution in [0.25, 0.3) is 6.08 Å². The van der Waals surface area contributed by atoms with Gasteiger partial charge in [0, 0.05) is 32.7 Å². The normalized spacial score (nSPS) is 19.5. The maximum Gasteiger partial charge on any atom is 0.294 e. The van der Waals surface area contributed by atoms with Gasteiger partial charge in [-0.05, 0) is 43.8 Å². The lowest BCUT2D eigenvalue weighted by Crippen LogP contribution is -2.45. The van der Waals surface area contributed by atoms with Crippen molar-refractivity contribution in [2.75, 3.05) is 51.2 Å². The SMILES string of the molecule is CN1CCN(CCCN2C(=O)/C(=C/c3ccccc3)Oc3ccccc32)CC1. The van der Waals surface area contributed by atoms with Crippen molar-refractivity contribution in [3.63, 3.8) is 0 Å². The lowest BCUT2D eigenvalue weighted by Gasteiger charge is -2.34. The fourth-order valence-electron chi connectivity index (χ4n) is 3.71. The molecule has 0 bridgehead atoms. The standard InChI is InChI=1S/C23H27N3O2/c1-24-14-16-25(17-15-24)12-7-13-26-20-10-5-6-11-21(20)28-22(23(26)27)18-19-8-3-2-4-9-19/h2-6,8-11,18H,7,12-17H2,1H3/b22-18-. The summed E-state index contributed by atoms with van der Waals surface area (Å²) in [4.78, 5) is 19.8. The Bertz CT molecular complexity index is 842. The number of carbonyl (C=O) groups is 1. The second-order valence-corrected chi connectivity index (χ2v) is 7.44. The number of nitrogens with zero attached hydrogens (tertiary/aromatic N) is 3. The number of carbonyl (C=O) groups excluding carboxylic acids is 1. The molecule has 2 heterocycles. The van der Waals surface area contributed by atoms with Gasteiger partial charge in [-0.15, -0.1) is 0 Å². The van der Waals surface area contributed by atoms with Crippen molar-refractivity contribution >= 4 is 17.7 Å². The number of rotatable bonds is 5. The molecule has 0 aromatic heterocycles. The minimum Gasteiger partial charge on any atom is -0.449 e. The number of para-hydroxylation sites is 2. The van der Waals surface area contributed by atoms with E-state index < -0.39 is 0 Å². The zero-order chi connectivity index (χ0) is 19.3. The molecule has 0 aliphatic carbocycles. The topological polar surface area (TPSA) is 36.0 Å². The number of fused-ring (bicyclic) bond motifs is 1. The number of hydrogen-bond donors (Lipinski definition) is 0. The number of ether oxygens (including phenoxy) is 1. The van der Waals surface area contributed by atoms with Crippen LogP contribution in [-0.4, -0.2) is 62.0 Å². The summed E-state index contributed by atoms with van der Waals surface area (Å²) < 4.78 is 5.94. The molecule has 1 saturated heterocycles. The zero-order valence-electron chi connectivity index (χ0n) is 16.4. The lowest BCUT2D eigenvalue weighted by molar-refractivity contribution is -0.117. The molecule has 0 N–H and O–H groups in total. The van der Waals surface area contributed by atoms with Crippen molar-refractivity contribution < 1.29 is 9.53 Å². The molecule has 0 saturated carbocycles. The van der Waals surface area contributed by atoms with Gasteiger partial charge >= 0.3 is 0 Å². The first-order valence-corrected chi connectivity index (χ1v) is 9.97. The Morgan fingerprint density at radius 1 is 0.929 bits per heavy atom. The van der Waals surface area contributed by atoms with E-state index in [1.165, 1.54) is 0 Å². The summed E-state index contributed by atoms with van der Waals surface area (Å²) in [7, 11) is 2.17. The highest BCUT2D eigenvalue weighted by Crippen LogP contribution is 2.35. The van der Waals surface area contributed by atoms with Crippen LogP contribution in [0.15, 0.2) is 60.4 Å². The predicted octanol–water partition coefficient (Wildman–Crippen LogP) is 3.09. The van der Waals surface area contributed by atoms with Gasteiger partial charge in [0.1, 0.15) is 0 Å². The van der Waals surface area contributed by atoms with Crippen LogP contribution < -0.4 is 9.64 Å². The molecule has 2 aliphatic rings. The van der Waals surface area contributed by atoms with E-state index in [1.807, 2.05) is 65.6 Å². The van der Waals surface area contributed by atoms with E-state index in [2.05, 4.69) is 16.8 Å². The van der Waals surface area contributed by atoms with Crippen molar-refractivity contribution in [1.82, 2.24) is 9.80 Å². The Morgan fingerprint density at radius 2 is 1.64 bits per heavy atom. The molecule has 5 heteroatoms. The van der Waals surface area contributed by atoms with E-state index >= 15 is 0 Å². The highest BCUT2D eigenvalue weighted by molar-refractivity contribution is 6.09. The Labute approximate surface area is 166 Å². The van der Waals surface area contributed by atoms with Crippen LogP contribution in [-0.2, 0) is 4.79 Å². The lowest BCUT2D eigenvalue weighted by atomic mass is 10.1. The van der Waals surface area contributed by atoms with Gasteiger partial charge in [0.15, 0.2) is 11.5 Å². The smallest absolute Gasteiger partial charge is 0.294 e. The molecule has 0 spiro atoms. The van der Waals surface area contributed by atoms with E-state index in [1.54, 1.807) is 0 Å². The van der Waals surface area contributed by atoms with Gasteiger partial charge in [-0.2, -0.15) is 0 Å². The molecule has 5 nitrogen and oxygen atoms in total. The average molecular weight is 377 g/mol. The predicted molar refractivity (Wildman–Crippen MR) is 112 cm³/mol. The number of hydrogen-bond acceptors (Lipinski definition) is 4. The van der Waals surface area contributed by atoms with Gasteiger partial charge in [-0.3, -0.25) is 4.79 Å². The summed E-state index contributed by atoms with van der Waals surface area (Å²) >= 11 is 0. The van der Waals surface area contributed by atoms with Crippen LogP contribution in [0.1, 0.15) is 12.0 Å². The molecular weight excluding hydrogens is 350 g/mol. The molecule has 1 amide bonds. The van der Waals surface area contributed by atoms with Gasteiger partial charge in [0.2, 0.25) is 0 Å². The monoisotopic (exact) mass is 377 g/mol. The van der Waals surface area contributed by atoms with Crippen LogP contribution in [0.2, 0.25) is 0 Å². The number of benzene rings is 2. The van der Waals surface area contributed by atoms with E-state index in [-0.39, 0.29) is 5.91 Å². The highest BCUT2D eigenvalue weighted by atomic mass is 16.5. The van der Waals surface area contributed by atoms with Crippen LogP contribution in [0, 0.1) is 0 Å². The van der Waals surface area contributed by atoms with Crippen molar-refractivity contribution in [3.8, 4) is 5.75 Å². The van der Waals surface area contributed by atoms with E-state index in [4.69, 9.17) is 4.74 Å². The van der Waals surface area contributed by atoms with Gasteiger partial charge in [-0.25, -0.2) is 0 Å². The number of likely N-dealkylation sites (N-methyl/N-ethyl adjacent to an activating group) is 1. The molecule has 4 rings (SSSR count). The average Bonchev–Trinajstić information content (AvgIpc) is 2.73. The summed E-state index contributed by atoms with van der Waals surface area (Å²) in [6.45, 7) is 6.13. The molecule has 1 fully saturated rings. The molecule has 146 valence electrons. The minimum atomic E-state index is -0.0686. The third-order valence-electron chi connectivity index (χ3n) is 5.38. The minimum absolute atomic E-state index is 0.0686. The quantitative estimate of drug-likeness (QED) is 0.751. The van der Waals surface area contributed by atoms with Gasteiger partial charge < -0.3 is 19.4 Å². The third kappa shape index (κ3) is 4.26. The van der Waals surface area contributed by atoms with Crippen molar-refractivity contribution in [2.45, 2.75) is 6.42 Å². The number of piperazine rings is 1. The van der Waals surface area contributed by atoms with Crippen LogP contribution in [0.3, 0.4) is 0 Å². The first-order chi connectivity index (χ1) is 13.7. The van der Waals surface area contributed by atoms with Crippen molar-refractivity contribution in [1.29, 1.82) is 0 Å². The van der Waals surface area contributed by atoms with Crippen LogP contribution in [0.4, 0.5) is 5.69 Å². The first-order valence-electron chi connectivity index (χ1n) is 9.97. The van der Waals surface area contributed by atoms with Crippen LogP contribution >= 0.6 is 0 Å². The zero-order valence-corrected chi connectivity index (χ0v) is 16.4. The Balaban J connectivity index is 1.48. The second kappa shape index (κ2) is 8.59. The summed E-state index contributed by atoms with van der Waals surface area (Å²) in [6.07, 6.45) is 2.77. The number of anilines is 1. The molecule has 28 heavy (non-hydrogen) atoms. The summed E-state index contributed by atoms with van der Waals surface area (Å²) in [6, 6.07) is 17.6. The van der Waals surface area contributed by atoms with E-state index in [0.29, 0.717) is 12.3 Å². The van der Waals surface area contributed by atoms with Gasteiger partial charge in [-0.1, -0.05) is 42.5 Å². The molecule has 2 aromatic carbocycles. The second-order valence-electron chi connectivity index (χ2n) is 7.44. The maximum atomic E-state index is 13.1. The first kappa shape index (κ1) is 18.7. The largest absolute Gasteiger partial charge is 0.449 e. The van der Waals surface area contributed by atoms with E-state index in [9.17, 15) is 4.79 Å². The van der Waals surface area contributed by atoms with Gasteiger partial charge in [0.05, 0.1) is 5.69 Å². The highest BCUT2D eigenvalue weighted by Gasteiger charge is 2.29. The molecule has 0 radical (unpaired) electrons. The van der Waals surface area contributed by atoms with Crippen molar-refractivity contribution in [2.24, 2.45) is 0 Å². The Morgan fingerprint density at radius 3 is 2.43 bits per heavy atom. The number of amides is 1. The molecule has 2 aromatic rings. The fourth-order valence-corrected chi connectivity index (χ4v) is 3.71. The summed E-state index contributed by atoms with van der Waals surface area (Å²) in [5, 5.41) is 0. The fraction of sp³-hybridized carbons (Fsp3) is 0.348. The van der Waals surface area contributed by atoms with Gasteiger partial charge in [0.25, 0.3) is 5.91 Å². The molecule has 2 aliphatic heterocycles. The maximum absolute atomic E-state index is 13.1. The summed E-state index contributed by atoms with van der Waals surface area (Å²) in [5.41, 5.74) is 1.82. The molecule has 0 atom stereocenters. The Hall–Kier alpha value is -2.63. The molecular formula is C23H27N3O2. The van der Waals surface area contributed by atoms with Crippen LogP contribution in [0.5, 0.6) is 5.75 Å². The molecule has 0 unspecified atom stereocenters.